The van der Waals surface area contributed by atoms with Crippen molar-refractivity contribution in [1.29, 1.82) is 0 Å². The molecule has 4 amide bonds. The Morgan fingerprint density at radius 1 is 0.554 bits per heavy atom. The number of morpholine rings is 2. The second kappa shape index (κ2) is 27.6. The van der Waals surface area contributed by atoms with E-state index in [1.165, 1.54) is 11.1 Å². The van der Waals surface area contributed by atoms with Crippen molar-refractivity contribution < 1.29 is 28.7 Å². The molecule has 6 aliphatic rings. The van der Waals surface area contributed by atoms with E-state index in [0.717, 1.165) is 45.0 Å². The van der Waals surface area contributed by atoms with Gasteiger partial charge in [0.05, 0.1) is 37.7 Å². The highest BCUT2D eigenvalue weighted by Crippen LogP contribution is 2.41. The summed E-state index contributed by atoms with van der Waals surface area (Å²) in [6, 6.07) is 27.9. The molecule has 0 spiro atoms. The van der Waals surface area contributed by atoms with Gasteiger partial charge in [0.25, 0.3) is 11.1 Å². The van der Waals surface area contributed by atoms with Crippen molar-refractivity contribution in [2.45, 2.75) is 166 Å². The van der Waals surface area contributed by atoms with Crippen LogP contribution in [-0.2, 0) is 65.2 Å². The molecule has 8 heterocycles. The first-order chi connectivity index (χ1) is 43.8. The number of ether oxygens (including phenoxy) is 2. The summed E-state index contributed by atoms with van der Waals surface area (Å²) >= 11 is 0. The minimum Gasteiger partial charge on any atom is -0.367 e. The number of primary amides is 2. The van der Waals surface area contributed by atoms with E-state index in [0.29, 0.717) is 127 Å². The minimum absolute atomic E-state index is 0.0342. The quantitative estimate of drug-likeness (QED) is 0.0621. The van der Waals surface area contributed by atoms with E-state index in [2.05, 4.69) is 158 Å². The molecule has 0 radical (unpaired) electrons. The van der Waals surface area contributed by atoms with Gasteiger partial charge in [0.1, 0.15) is 0 Å². The minimum atomic E-state index is -0.864. The van der Waals surface area contributed by atoms with Gasteiger partial charge in [-0.2, -0.15) is 0 Å². The second-order valence-electron chi connectivity index (χ2n) is 29.1. The Labute approximate surface area is 542 Å². The van der Waals surface area contributed by atoms with Crippen LogP contribution in [0.3, 0.4) is 0 Å². The smallest absolute Gasteiger partial charge is 0.251 e. The van der Waals surface area contributed by atoms with Crippen LogP contribution >= 0.6 is 0 Å². The first-order valence-corrected chi connectivity index (χ1v) is 33.4. The Morgan fingerprint density at radius 3 is 1.30 bits per heavy atom. The number of nitrogens with one attached hydrogen (secondary N) is 4. The van der Waals surface area contributed by atoms with Gasteiger partial charge < -0.3 is 51.3 Å². The highest BCUT2D eigenvalue weighted by molar-refractivity contribution is 5.98. The van der Waals surface area contributed by atoms with Crippen LogP contribution in [0.4, 0.5) is 11.4 Å². The molecule has 20 heteroatoms. The number of anilines is 2. The molecule has 4 saturated heterocycles. The first kappa shape index (κ1) is 66.6. The maximum atomic E-state index is 14.8. The van der Waals surface area contributed by atoms with E-state index in [1.54, 1.807) is 0 Å². The van der Waals surface area contributed by atoms with E-state index >= 15 is 0 Å². The van der Waals surface area contributed by atoms with Gasteiger partial charge in [-0.25, -0.2) is 0 Å². The maximum absolute atomic E-state index is 14.8. The number of aromatic amines is 2. The molecule has 5 aromatic rings. The standard InChI is InChI=1S/C72H98N12O8/c1-43(2)55-17-13-11-15-49(55)29-51-31-59-65(77-69(51)89)71(7,8)41-83(59)61(85)39-81-35-45(5)75-33-53(81)37-79-23-25-91-63(67(73)87)57(79)27-47-19-21-48(22-20-47)28-58-64(68(74)88)92-26-24-80(58)38-54-34-76-46(6)36-82(54)40-62(86)84-42-72(9,10)66-60(84)32-52(70(90)78-66)30-50-16-12-14-18-56(50)44(3)4/h11-22,31-32,43-46,53-54,57-58,63-64,75-76H,23-30,33-42H2,1-10H3,(H2,73,87)(H2,74,88)(H,77,89)(H,78,90)/t45-,46-,53-,54-,57?,58?,63?,64?/m1/s1. The summed E-state index contributed by atoms with van der Waals surface area (Å²) in [7, 11) is 0. The molecule has 0 saturated carbocycles. The molecule has 4 unspecified atom stereocenters. The number of aromatic nitrogens is 2. The predicted octanol–water partition coefficient (Wildman–Crippen LogP) is 4.66. The average Bonchev–Trinajstić information content (AvgIpc) is 1.60. The number of hydrogen-bond acceptors (Lipinski definition) is 14. The van der Waals surface area contributed by atoms with Gasteiger partial charge in [-0.15, -0.1) is 0 Å². The number of piperazine rings is 2. The molecule has 8 atom stereocenters. The number of benzene rings is 3. The van der Waals surface area contributed by atoms with Crippen LogP contribution in [0.25, 0.3) is 0 Å². The number of carbonyl (C=O) groups excluding carboxylic acids is 4. The number of amides is 4. The molecule has 0 bridgehead atoms. The maximum Gasteiger partial charge on any atom is 0.251 e. The number of fused-ring (bicyclic) bond motifs is 2. The third-order valence-corrected chi connectivity index (χ3v) is 20.4. The van der Waals surface area contributed by atoms with Crippen molar-refractivity contribution in [2.24, 2.45) is 11.5 Å². The summed E-state index contributed by atoms with van der Waals surface area (Å²) in [6.07, 6.45) is 0.145. The lowest BCUT2D eigenvalue weighted by molar-refractivity contribution is -0.143. The first-order valence-electron chi connectivity index (χ1n) is 33.4. The van der Waals surface area contributed by atoms with Crippen molar-refractivity contribution in [3.05, 3.63) is 162 Å². The summed E-state index contributed by atoms with van der Waals surface area (Å²) in [5, 5.41) is 7.32. The van der Waals surface area contributed by atoms with Gasteiger partial charge >= 0.3 is 0 Å². The van der Waals surface area contributed by atoms with Crippen LogP contribution in [0.5, 0.6) is 0 Å². The number of nitrogens with zero attached hydrogens (tertiary/aromatic N) is 6. The van der Waals surface area contributed by atoms with Gasteiger partial charge in [0.15, 0.2) is 12.2 Å². The van der Waals surface area contributed by atoms with Crippen molar-refractivity contribution in [3.8, 4) is 0 Å². The Hall–Kier alpha value is -6.88. The van der Waals surface area contributed by atoms with Gasteiger partial charge in [-0.3, -0.25) is 48.4 Å². The van der Waals surface area contributed by atoms with Gasteiger partial charge in [0, 0.05) is 148 Å². The summed E-state index contributed by atoms with van der Waals surface area (Å²) < 4.78 is 12.3. The monoisotopic (exact) mass is 1260 g/mol. The fourth-order valence-electron chi connectivity index (χ4n) is 15.5. The summed E-state index contributed by atoms with van der Waals surface area (Å²) in [5.74, 6) is -0.547. The van der Waals surface area contributed by atoms with E-state index in [1.807, 2.05) is 46.2 Å². The van der Waals surface area contributed by atoms with E-state index < -0.39 is 34.9 Å². The summed E-state index contributed by atoms with van der Waals surface area (Å²) in [4.78, 5) is 103. The SMILES string of the molecule is CC(C)c1ccccc1Cc1cc2c([nH]c1=O)C(C)(C)CN2C(=O)CN1C[C@@H](C)NC[C@@H]1CN1CCOC(C(N)=O)C1Cc1ccc(CC2C(C(N)=O)OCCN2C[C@H]2CN[C@H](C)CN2CC(=O)N2CC(C)(C)c3[nH]c(=O)c(Cc4ccccc4C(C)C)cc32)cc1. The number of carbonyl (C=O) groups is 4. The Kier molecular flexibility index (Phi) is 20.0. The highest BCUT2D eigenvalue weighted by Gasteiger charge is 2.45. The van der Waals surface area contributed by atoms with E-state index in [4.69, 9.17) is 20.9 Å². The predicted molar refractivity (Wildman–Crippen MR) is 360 cm³/mol. The molecule has 0 aliphatic carbocycles. The lowest BCUT2D eigenvalue weighted by Gasteiger charge is -2.46. The lowest BCUT2D eigenvalue weighted by Crippen LogP contribution is -2.64. The normalized spacial score (nSPS) is 25.3. The van der Waals surface area contributed by atoms with Gasteiger partial charge in [0.2, 0.25) is 23.6 Å². The van der Waals surface area contributed by atoms with Crippen LogP contribution in [0.2, 0.25) is 0 Å². The van der Waals surface area contributed by atoms with Crippen molar-refractivity contribution in [2.75, 3.05) is 102 Å². The molecular weight excluding hydrogens is 1160 g/mol. The van der Waals surface area contributed by atoms with Crippen molar-refractivity contribution >= 4 is 35.0 Å². The molecule has 92 heavy (non-hydrogen) atoms. The van der Waals surface area contributed by atoms with Crippen LogP contribution in [0, 0.1) is 0 Å². The molecule has 20 nitrogen and oxygen atoms in total. The molecule has 4 fully saturated rings. The Morgan fingerprint density at radius 2 is 0.935 bits per heavy atom. The zero-order valence-corrected chi connectivity index (χ0v) is 55.7. The van der Waals surface area contributed by atoms with Crippen LogP contribution in [0.15, 0.2) is 94.5 Å². The zero-order valence-electron chi connectivity index (χ0n) is 55.7. The van der Waals surface area contributed by atoms with Crippen molar-refractivity contribution in [3.63, 3.8) is 0 Å². The van der Waals surface area contributed by atoms with Crippen LogP contribution in [0.1, 0.15) is 137 Å². The average molecular weight is 1260 g/mol. The van der Waals surface area contributed by atoms with Crippen LogP contribution in [-0.4, -0.2) is 193 Å². The Balaban J connectivity index is 0.765. The fourth-order valence-corrected chi connectivity index (χ4v) is 15.5. The summed E-state index contributed by atoms with van der Waals surface area (Å²) in [5.41, 5.74) is 21.9. The molecule has 11 rings (SSSR count). The van der Waals surface area contributed by atoms with Gasteiger partial charge in [-0.1, -0.05) is 128 Å². The molecule has 494 valence electrons. The number of H-pyrrole nitrogens is 2. The molecule has 3 aromatic carbocycles. The molecule has 8 N–H and O–H groups in total. The summed E-state index contributed by atoms with van der Waals surface area (Å²) in [6.45, 7) is 27.9. The molecule has 2 aromatic heterocycles. The van der Waals surface area contributed by atoms with Crippen molar-refractivity contribution in [1.82, 2.24) is 40.2 Å². The third-order valence-electron chi connectivity index (χ3n) is 20.4. The zero-order chi connectivity index (χ0) is 65.5. The highest BCUT2D eigenvalue weighted by atomic mass is 16.5. The van der Waals surface area contributed by atoms with E-state index in [9.17, 15) is 28.8 Å². The van der Waals surface area contributed by atoms with E-state index in [-0.39, 0.29) is 72.3 Å². The number of hydrogen-bond donors (Lipinski definition) is 6. The number of rotatable bonds is 20. The molecule has 6 aliphatic heterocycles. The Bertz CT molecular complexity index is 3400. The number of nitrogens with two attached hydrogens (primary N) is 2. The largest absolute Gasteiger partial charge is 0.367 e. The second-order valence-corrected chi connectivity index (χ2v) is 29.1. The van der Waals surface area contributed by atoms with Gasteiger partial charge in [-0.05, 0) is 84.0 Å². The molecular formula is C72H98N12O8. The lowest BCUT2D eigenvalue weighted by atomic mass is 9.90. The van der Waals surface area contributed by atoms with Crippen LogP contribution < -0.4 is 43.0 Å². The topological polar surface area (TPSA) is 248 Å². The third kappa shape index (κ3) is 14.4. The fraction of sp³-hybridized carbons (Fsp3) is 0.556. The number of pyridine rings is 2.